The fourth-order valence-corrected chi connectivity index (χ4v) is 7.53. The number of carbonyl (C=O) groups is 2. The largest absolute Gasteiger partial charge is 0.496 e. The highest BCUT2D eigenvalue weighted by atomic mass is 35.5. The average molecular weight is 617 g/mol. The molecule has 3 aromatic carbocycles. The van der Waals surface area contributed by atoms with E-state index in [4.69, 9.17) is 16.3 Å². The first-order chi connectivity index (χ1) is 20.7. The summed E-state index contributed by atoms with van der Waals surface area (Å²) in [6, 6.07) is 20.0. The topological polar surface area (TPSA) is 78.9 Å². The second kappa shape index (κ2) is 12.2. The van der Waals surface area contributed by atoms with E-state index in [0.717, 1.165) is 34.4 Å². The van der Waals surface area contributed by atoms with Gasteiger partial charge in [0.1, 0.15) is 11.8 Å². The number of likely N-dealkylation sites (tertiary alicyclic amines) is 1. The number of rotatable bonds is 7. The molecule has 0 spiro atoms. The van der Waals surface area contributed by atoms with Gasteiger partial charge in [-0.15, -0.1) is 0 Å². The summed E-state index contributed by atoms with van der Waals surface area (Å²) < 4.78 is 5.75. The fraction of sp³-hybridized carbons (Fsp3) is 0.459. The number of halogens is 1. The molecule has 1 aliphatic carbocycles. The van der Waals surface area contributed by atoms with E-state index in [1.807, 2.05) is 54.6 Å². The molecule has 2 aliphatic rings. The summed E-state index contributed by atoms with van der Waals surface area (Å²) in [6.07, 6.45) is 1.40. The van der Waals surface area contributed by atoms with E-state index in [1.54, 1.807) is 12.0 Å². The Morgan fingerprint density at radius 1 is 1.00 bits per heavy atom. The fourth-order valence-electron chi connectivity index (χ4n) is 7.35. The molecule has 6 nitrogen and oxygen atoms in total. The molecule has 1 fully saturated rings. The lowest BCUT2D eigenvalue weighted by molar-refractivity contribution is -0.152. The van der Waals surface area contributed by atoms with Crippen molar-refractivity contribution in [2.24, 2.45) is 11.3 Å². The Morgan fingerprint density at radius 3 is 2.32 bits per heavy atom. The van der Waals surface area contributed by atoms with Crippen molar-refractivity contribution in [3.05, 3.63) is 99.6 Å². The third-order valence-electron chi connectivity index (χ3n) is 9.47. The van der Waals surface area contributed by atoms with E-state index < -0.39 is 29.4 Å². The van der Waals surface area contributed by atoms with E-state index in [0.29, 0.717) is 18.0 Å². The number of carboxylic acid groups (broad SMARTS) is 1. The Hall–Kier alpha value is -3.35. The zero-order chi connectivity index (χ0) is 32.0. The summed E-state index contributed by atoms with van der Waals surface area (Å²) in [5.74, 6) is -1.20. The van der Waals surface area contributed by atoms with E-state index in [2.05, 4.69) is 59.0 Å². The Bertz CT molecular complexity index is 1520. The zero-order valence-electron chi connectivity index (χ0n) is 26.9. The molecule has 0 saturated carbocycles. The molecule has 5 atom stereocenters. The minimum atomic E-state index is -1.02. The zero-order valence-corrected chi connectivity index (χ0v) is 27.6. The maximum Gasteiger partial charge on any atom is 0.326 e. The molecular weight excluding hydrogens is 572 g/mol. The highest BCUT2D eigenvalue weighted by molar-refractivity contribution is 6.30. The molecule has 2 N–H and O–H groups in total. The van der Waals surface area contributed by atoms with E-state index in [9.17, 15) is 14.7 Å². The molecule has 3 aromatic rings. The molecule has 1 heterocycles. The number of fused-ring (bicyclic) bond motifs is 1. The van der Waals surface area contributed by atoms with Crippen molar-refractivity contribution in [3.8, 4) is 5.75 Å². The van der Waals surface area contributed by atoms with Crippen molar-refractivity contribution in [3.63, 3.8) is 0 Å². The lowest BCUT2D eigenvalue weighted by Crippen LogP contribution is -2.48. The Kier molecular flexibility index (Phi) is 8.90. The molecular formula is C37H45ClN2O4. The average Bonchev–Trinajstić information content (AvgIpc) is 3.55. The van der Waals surface area contributed by atoms with Crippen molar-refractivity contribution in [1.82, 2.24) is 10.2 Å². The van der Waals surface area contributed by atoms with Crippen LogP contribution in [-0.4, -0.2) is 41.1 Å². The van der Waals surface area contributed by atoms with Gasteiger partial charge in [-0.05, 0) is 64.1 Å². The number of carboxylic acids is 1. The van der Waals surface area contributed by atoms with Crippen LogP contribution < -0.4 is 10.1 Å². The van der Waals surface area contributed by atoms with Gasteiger partial charge in [0.15, 0.2) is 0 Å². The van der Waals surface area contributed by atoms with E-state index >= 15 is 0 Å². The van der Waals surface area contributed by atoms with Crippen LogP contribution in [0.4, 0.5) is 0 Å². The van der Waals surface area contributed by atoms with Crippen LogP contribution in [0.25, 0.3) is 0 Å². The normalized spacial score (nSPS) is 23.5. The Balaban J connectivity index is 1.62. The highest BCUT2D eigenvalue weighted by Crippen LogP contribution is 2.50. The second-order valence-electron chi connectivity index (χ2n) is 14.4. The lowest BCUT2D eigenvalue weighted by Gasteiger charge is -2.35. The van der Waals surface area contributed by atoms with E-state index in [-0.39, 0.29) is 23.3 Å². The number of hydrogen-bond acceptors (Lipinski definition) is 4. The first-order valence-corrected chi connectivity index (χ1v) is 15.9. The summed E-state index contributed by atoms with van der Waals surface area (Å²) in [5, 5.41) is 15.2. The van der Waals surface area contributed by atoms with Crippen molar-refractivity contribution in [2.45, 2.75) is 90.4 Å². The standard InChI is InChI=1S/C37H45ClN2O4/c1-36(2,3)25-15-18-29(44-7)24(19-25)21-39-31-30(37(4,5)6)33(35(42)43)40(32(31)23-11-9-8-10-12-23)34(41)27-17-14-22-13-16-26(38)20-28(22)27/h8-13,15-16,18-20,27,30-33,39H,14,17,21H2,1-7H3,(H,42,43)/t27?,30-,31-,32-,33-/m0/s1. The molecule has 7 heteroatoms. The number of nitrogens with zero attached hydrogens (tertiary/aromatic N) is 1. The number of benzene rings is 3. The van der Waals surface area contributed by atoms with Crippen LogP contribution in [-0.2, 0) is 28.0 Å². The summed E-state index contributed by atoms with van der Waals surface area (Å²) in [4.78, 5) is 29.7. The van der Waals surface area contributed by atoms with Gasteiger partial charge in [-0.2, -0.15) is 0 Å². The molecule has 1 amide bonds. The van der Waals surface area contributed by atoms with Gasteiger partial charge in [0.25, 0.3) is 0 Å². The molecule has 0 radical (unpaired) electrons. The molecule has 0 aromatic heterocycles. The summed E-state index contributed by atoms with van der Waals surface area (Å²) in [6.45, 7) is 13.2. The van der Waals surface area contributed by atoms with Gasteiger partial charge >= 0.3 is 5.97 Å². The van der Waals surface area contributed by atoms with Crippen LogP contribution in [0.3, 0.4) is 0 Å². The van der Waals surface area contributed by atoms with Gasteiger partial charge in [0.2, 0.25) is 5.91 Å². The SMILES string of the molecule is COc1ccc(C(C)(C)C)cc1CN[C@H]1[C@H](C(C)(C)C)[C@@H](C(=O)O)N(C(=O)C2CCc3ccc(Cl)cc32)[C@H]1c1ccccc1. The number of ether oxygens (including phenoxy) is 1. The van der Waals surface area contributed by atoms with Crippen LogP contribution in [0.2, 0.25) is 5.02 Å². The minimum absolute atomic E-state index is 0.0486. The maximum absolute atomic E-state index is 14.7. The molecule has 0 bridgehead atoms. The lowest BCUT2D eigenvalue weighted by atomic mass is 9.72. The molecule has 234 valence electrons. The molecule has 1 unspecified atom stereocenters. The van der Waals surface area contributed by atoms with Crippen molar-refractivity contribution in [1.29, 1.82) is 0 Å². The van der Waals surface area contributed by atoms with Gasteiger partial charge in [-0.1, -0.05) is 102 Å². The highest BCUT2D eigenvalue weighted by Gasteiger charge is 2.58. The first kappa shape index (κ1) is 32.1. The third kappa shape index (κ3) is 6.12. The first-order valence-electron chi connectivity index (χ1n) is 15.5. The van der Waals surface area contributed by atoms with Crippen LogP contribution in [0.15, 0.2) is 66.7 Å². The van der Waals surface area contributed by atoms with Gasteiger partial charge in [0, 0.05) is 29.1 Å². The third-order valence-corrected chi connectivity index (χ3v) is 9.71. The summed E-state index contributed by atoms with van der Waals surface area (Å²) in [7, 11) is 1.67. The second-order valence-corrected chi connectivity index (χ2v) is 14.8. The van der Waals surface area contributed by atoms with Crippen LogP contribution in [0.5, 0.6) is 5.75 Å². The Morgan fingerprint density at radius 2 is 1.70 bits per heavy atom. The quantitative estimate of drug-likeness (QED) is 0.287. The van der Waals surface area contributed by atoms with Crippen LogP contribution in [0, 0.1) is 11.3 Å². The molecule has 1 saturated heterocycles. The van der Waals surface area contributed by atoms with Gasteiger partial charge in [0.05, 0.1) is 19.1 Å². The smallest absolute Gasteiger partial charge is 0.326 e. The van der Waals surface area contributed by atoms with Crippen molar-refractivity contribution >= 4 is 23.5 Å². The number of hydrogen-bond donors (Lipinski definition) is 2. The molecule has 5 rings (SSSR count). The number of carbonyl (C=O) groups excluding carboxylic acids is 1. The van der Waals surface area contributed by atoms with Crippen LogP contribution >= 0.6 is 11.6 Å². The number of amides is 1. The van der Waals surface area contributed by atoms with E-state index in [1.165, 1.54) is 5.56 Å². The maximum atomic E-state index is 14.7. The van der Waals surface area contributed by atoms with Gasteiger partial charge in [-0.25, -0.2) is 4.79 Å². The van der Waals surface area contributed by atoms with Crippen molar-refractivity contribution in [2.75, 3.05) is 7.11 Å². The predicted molar refractivity (Wildman–Crippen MR) is 175 cm³/mol. The number of aliphatic carboxylic acids is 1. The number of aryl methyl sites for hydroxylation is 1. The van der Waals surface area contributed by atoms with Gasteiger partial charge in [-0.3, -0.25) is 4.79 Å². The summed E-state index contributed by atoms with van der Waals surface area (Å²) >= 11 is 6.39. The number of methoxy groups -OCH3 is 1. The van der Waals surface area contributed by atoms with Crippen LogP contribution in [0.1, 0.15) is 87.7 Å². The van der Waals surface area contributed by atoms with Crippen molar-refractivity contribution < 1.29 is 19.4 Å². The predicted octanol–water partition coefficient (Wildman–Crippen LogP) is 7.53. The molecule has 1 aliphatic heterocycles. The monoisotopic (exact) mass is 616 g/mol. The van der Waals surface area contributed by atoms with Gasteiger partial charge < -0.3 is 20.1 Å². The summed E-state index contributed by atoms with van der Waals surface area (Å²) in [5.41, 5.74) is 4.62. The number of nitrogens with one attached hydrogen (secondary N) is 1. The Labute approximate surface area is 266 Å². The minimum Gasteiger partial charge on any atom is -0.496 e. The molecule has 44 heavy (non-hydrogen) atoms.